The highest BCUT2D eigenvalue weighted by Crippen LogP contribution is 2.50. The molecule has 3 N–H and O–H groups in total. The second kappa shape index (κ2) is 12.6. The van der Waals surface area contributed by atoms with Crippen LogP contribution in [-0.4, -0.2) is 52.4 Å². The minimum absolute atomic E-state index is 0.128. The molecule has 1 atom stereocenters. The Kier molecular flexibility index (Phi) is 9.18. The molecule has 0 aliphatic heterocycles. The Labute approximate surface area is 248 Å². The summed E-state index contributed by atoms with van der Waals surface area (Å²) >= 11 is 1.48. The first-order valence-electron chi connectivity index (χ1n) is 13.1. The van der Waals surface area contributed by atoms with Crippen molar-refractivity contribution in [2.75, 3.05) is 27.1 Å². The molecule has 0 fully saturated rings. The average molecular weight is 591 g/mol. The van der Waals surface area contributed by atoms with E-state index in [1.54, 1.807) is 21.1 Å². The van der Waals surface area contributed by atoms with Crippen molar-refractivity contribution in [3.05, 3.63) is 134 Å². The maximum absolute atomic E-state index is 12.5. The van der Waals surface area contributed by atoms with E-state index in [0.717, 1.165) is 21.3 Å². The van der Waals surface area contributed by atoms with Gasteiger partial charge in [-0.1, -0.05) is 54.6 Å². The number of aromatic amines is 1. The molecule has 220 valence electrons. The molecule has 0 spiro atoms. The van der Waals surface area contributed by atoms with E-state index in [2.05, 4.69) is 4.98 Å². The number of aliphatic hydroxyl groups is 2. The summed E-state index contributed by atoms with van der Waals surface area (Å²) in [4.78, 5) is 26.5. The van der Waals surface area contributed by atoms with Gasteiger partial charge in [-0.3, -0.25) is 9.78 Å². The molecule has 0 radical (unpaired) electrons. The highest BCUT2D eigenvalue weighted by molar-refractivity contribution is 8.00. The van der Waals surface area contributed by atoms with Gasteiger partial charge in [0.15, 0.2) is 5.76 Å². The highest BCUT2D eigenvalue weighted by Gasteiger charge is 2.42. The van der Waals surface area contributed by atoms with E-state index in [4.69, 9.17) is 14.2 Å². The van der Waals surface area contributed by atoms with E-state index in [9.17, 15) is 19.8 Å². The number of ether oxygens (including phenoxy) is 3. The van der Waals surface area contributed by atoms with Crippen molar-refractivity contribution < 1.29 is 24.4 Å². The number of methoxy groups -OCH3 is 3. The largest absolute Gasteiger partial charge is 0.505 e. The number of aromatic nitrogens is 2. The van der Waals surface area contributed by atoms with Crippen LogP contribution >= 0.6 is 11.8 Å². The van der Waals surface area contributed by atoms with Crippen LogP contribution in [0.3, 0.4) is 0 Å². The molecule has 0 bridgehead atoms. The highest BCUT2D eigenvalue weighted by atomic mass is 32.2. The van der Waals surface area contributed by atoms with Gasteiger partial charge in [-0.25, -0.2) is 9.36 Å². The maximum atomic E-state index is 12.5. The number of thioether (sulfide) groups is 1. The molecule has 10 heteroatoms. The van der Waals surface area contributed by atoms with Gasteiger partial charge in [0.1, 0.15) is 17.1 Å². The van der Waals surface area contributed by atoms with Crippen LogP contribution in [0.1, 0.15) is 29.2 Å². The van der Waals surface area contributed by atoms with Gasteiger partial charge in [-0.05, 0) is 54.8 Å². The number of hydrogen-bond acceptors (Lipinski definition) is 8. The lowest BCUT2D eigenvalue weighted by atomic mass is 9.84. The molecule has 0 amide bonds. The van der Waals surface area contributed by atoms with Gasteiger partial charge in [0, 0.05) is 24.6 Å². The van der Waals surface area contributed by atoms with Crippen LogP contribution < -0.4 is 20.7 Å². The molecule has 3 aromatic carbocycles. The molecule has 0 aliphatic carbocycles. The zero-order chi connectivity index (χ0) is 30.5. The van der Waals surface area contributed by atoms with Gasteiger partial charge in [-0.2, -0.15) is 0 Å². The average Bonchev–Trinajstić information content (AvgIpc) is 3.03. The monoisotopic (exact) mass is 590 g/mol. The van der Waals surface area contributed by atoms with Gasteiger partial charge >= 0.3 is 5.69 Å². The number of nitrogens with zero attached hydrogens (tertiary/aromatic N) is 1. The van der Waals surface area contributed by atoms with Crippen LogP contribution in [0.5, 0.6) is 11.5 Å². The lowest BCUT2D eigenvalue weighted by Crippen LogP contribution is -2.39. The minimum atomic E-state index is -1.46. The van der Waals surface area contributed by atoms with Crippen LogP contribution in [0.25, 0.3) is 5.88 Å². The molecule has 1 unspecified atom stereocenters. The number of aryl methyl sites for hydroxylation is 1. The summed E-state index contributed by atoms with van der Waals surface area (Å²) in [5, 5.41) is 22.3. The van der Waals surface area contributed by atoms with Crippen molar-refractivity contribution in [2.24, 2.45) is 0 Å². The predicted molar refractivity (Wildman–Crippen MR) is 165 cm³/mol. The summed E-state index contributed by atoms with van der Waals surface area (Å²) in [7, 11) is 4.63. The standard InChI is InChI=1S/C32H34N2O7S/c1-21-19-34(30(38)33-28(21)36)29(37)27(35)31(2,41-5)20-42-32(22-9-7-6-8-10-22,23-11-15-25(39-3)16-12-23)24-13-17-26(40-4)18-14-24/h6-19,35,37H,20H2,1-5H3,(H,33,36,38)/b29-27-. The second-order valence-electron chi connectivity index (χ2n) is 9.84. The van der Waals surface area contributed by atoms with Crippen LogP contribution in [0.15, 0.2) is 100 Å². The Morgan fingerprint density at radius 2 is 1.33 bits per heavy atom. The SMILES string of the molecule is COc1ccc(C(SCC(C)(OC)/C(O)=C(/O)n2cc(C)c(=O)[nH]c2=O)(c2ccccc2)c2ccc(OC)cc2)cc1. The van der Waals surface area contributed by atoms with E-state index in [1.807, 2.05) is 78.9 Å². The fourth-order valence-electron chi connectivity index (χ4n) is 4.62. The molecule has 1 heterocycles. The number of hydrogen-bond donors (Lipinski definition) is 3. The first kappa shape index (κ1) is 30.5. The van der Waals surface area contributed by atoms with E-state index in [1.165, 1.54) is 32.0 Å². The third kappa shape index (κ3) is 5.81. The fraction of sp³-hybridized carbons (Fsp3) is 0.250. The van der Waals surface area contributed by atoms with Gasteiger partial charge in [0.05, 0.1) is 19.0 Å². The Morgan fingerprint density at radius 1 is 0.833 bits per heavy atom. The molecule has 4 aromatic rings. The van der Waals surface area contributed by atoms with E-state index in [0.29, 0.717) is 11.5 Å². The van der Waals surface area contributed by atoms with Crippen molar-refractivity contribution in [1.82, 2.24) is 9.55 Å². The Hall–Kier alpha value is -4.41. The molecule has 0 saturated heterocycles. The van der Waals surface area contributed by atoms with E-state index in [-0.39, 0.29) is 11.3 Å². The summed E-state index contributed by atoms with van der Waals surface area (Å²) in [5.74, 6) is 0.216. The number of H-pyrrole nitrogens is 1. The van der Waals surface area contributed by atoms with Gasteiger partial charge in [0.25, 0.3) is 5.56 Å². The summed E-state index contributed by atoms with van der Waals surface area (Å²) in [5.41, 5.74) is 0.0770. The lowest BCUT2D eigenvalue weighted by Gasteiger charge is -2.38. The van der Waals surface area contributed by atoms with E-state index >= 15 is 0 Å². The topological polar surface area (TPSA) is 123 Å². The Bertz CT molecular complexity index is 1620. The number of aliphatic hydroxyl groups excluding tert-OH is 2. The van der Waals surface area contributed by atoms with Crippen LogP contribution in [0.2, 0.25) is 0 Å². The van der Waals surface area contributed by atoms with Crippen molar-refractivity contribution in [3.8, 4) is 11.5 Å². The van der Waals surface area contributed by atoms with Crippen molar-refractivity contribution in [3.63, 3.8) is 0 Å². The number of rotatable bonds is 11. The van der Waals surface area contributed by atoms with Gasteiger partial charge in [-0.15, -0.1) is 11.8 Å². The predicted octanol–water partition coefficient (Wildman–Crippen LogP) is 5.23. The van der Waals surface area contributed by atoms with Crippen molar-refractivity contribution in [2.45, 2.75) is 24.2 Å². The maximum Gasteiger partial charge on any atom is 0.335 e. The first-order valence-corrected chi connectivity index (χ1v) is 14.1. The second-order valence-corrected chi connectivity index (χ2v) is 11.0. The van der Waals surface area contributed by atoms with Crippen molar-refractivity contribution >= 4 is 17.6 Å². The van der Waals surface area contributed by atoms with Crippen molar-refractivity contribution in [1.29, 1.82) is 0 Å². The quantitative estimate of drug-likeness (QED) is 0.160. The first-order chi connectivity index (χ1) is 20.1. The lowest BCUT2D eigenvalue weighted by molar-refractivity contribution is 0.0215. The molecule has 0 saturated carbocycles. The summed E-state index contributed by atoms with van der Waals surface area (Å²) in [6.07, 6.45) is 1.17. The van der Waals surface area contributed by atoms with Crippen LogP contribution in [0, 0.1) is 6.92 Å². The summed E-state index contributed by atoms with van der Waals surface area (Å²) < 4.78 is 16.6. The normalized spacial score (nSPS) is 13.6. The summed E-state index contributed by atoms with van der Waals surface area (Å²) in [6, 6.07) is 25.4. The Morgan fingerprint density at radius 3 is 1.81 bits per heavy atom. The molecular weight excluding hydrogens is 556 g/mol. The molecular formula is C32H34N2O7S. The molecule has 4 rings (SSSR count). The number of nitrogens with one attached hydrogen (secondary N) is 1. The third-order valence-corrected chi connectivity index (χ3v) is 9.08. The number of benzene rings is 3. The zero-order valence-electron chi connectivity index (χ0n) is 24.1. The van der Waals surface area contributed by atoms with Gasteiger partial charge in [0.2, 0.25) is 5.88 Å². The molecule has 9 nitrogen and oxygen atoms in total. The van der Waals surface area contributed by atoms with Crippen LogP contribution in [0.4, 0.5) is 0 Å². The minimum Gasteiger partial charge on any atom is -0.505 e. The van der Waals surface area contributed by atoms with Gasteiger partial charge < -0.3 is 24.4 Å². The molecule has 42 heavy (non-hydrogen) atoms. The zero-order valence-corrected chi connectivity index (χ0v) is 24.9. The third-order valence-electron chi connectivity index (χ3n) is 7.25. The molecule has 1 aromatic heterocycles. The van der Waals surface area contributed by atoms with Crippen LogP contribution in [-0.2, 0) is 9.48 Å². The Balaban J connectivity index is 1.89. The smallest absolute Gasteiger partial charge is 0.335 e. The molecule has 0 aliphatic rings. The summed E-state index contributed by atoms with van der Waals surface area (Å²) in [6.45, 7) is 3.11. The fourth-order valence-corrected chi connectivity index (χ4v) is 6.27. The van der Waals surface area contributed by atoms with E-state index < -0.39 is 33.2 Å².